The summed E-state index contributed by atoms with van der Waals surface area (Å²) in [7, 11) is -1.67. The van der Waals surface area contributed by atoms with Gasteiger partial charge in [-0.05, 0) is 21.9 Å². The fourth-order valence-electron chi connectivity index (χ4n) is 2.87. The molecule has 0 aliphatic heterocycles. The van der Waals surface area contributed by atoms with Crippen LogP contribution in [-0.2, 0) is 0 Å². The van der Waals surface area contributed by atoms with Gasteiger partial charge in [0.25, 0.3) is 0 Å². The van der Waals surface area contributed by atoms with Crippen LogP contribution in [-0.4, -0.2) is 8.07 Å². The summed E-state index contributed by atoms with van der Waals surface area (Å²) in [6.07, 6.45) is 2.27. The van der Waals surface area contributed by atoms with Crippen molar-refractivity contribution in [3.05, 3.63) is 96.2 Å². The first-order valence-electron chi connectivity index (χ1n) is 8.06. The maximum absolute atomic E-state index is 2.43. The zero-order valence-corrected chi connectivity index (χ0v) is 14.7. The van der Waals surface area contributed by atoms with Gasteiger partial charge in [-0.15, -0.1) is 0 Å². The van der Waals surface area contributed by atoms with E-state index in [2.05, 4.69) is 110 Å². The van der Waals surface area contributed by atoms with Crippen LogP contribution in [0.1, 0.15) is 5.56 Å². The predicted molar refractivity (Wildman–Crippen MR) is 104 cm³/mol. The molecule has 0 aromatic heterocycles. The molecule has 0 N–H and O–H groups in total. The van der Waals surface area contributed by atoms with Gasteiger partial charge in [-0.2, -0.15) is 0 Å². The molecule has 3 aromatic carbocycles. The topological polar surface area (TPSA) is 0 Å². The second-order valence-corrected chi connectivity index (χ2v) is 10.7. The molecule has 0 saturated heterocycles. The molecular formula is C22H22Si. The number of hydrogen-bond donors (Lipinski definition) is 0. The molecule has 1 heteroatoms. The minimum atomic E-state index is -1.67. The van der Waals surface area contributed by atoms with Gasteiger partial charge in [-0.25, -0.2) is 0 Å². The molecule has 0 bridgehead atoms. The van der Waals surface area contributed by atoms with E-state index >= 15 is 0 Å². The lowest BCUT2D eigenvalue weighted by Gasteiger charge is -2.22. The Morgan fingerprint density at radius 1 is 0.652 bits per heavy atom. The van der Waals surface area contributed by atoms with Gasteiger partial charge in [0, 0.05) is 0 Å². The van der Waals surface area contributed by atoms with E-state index in [1.165, 1.54) is 21.9 Å². The van der Waals surface area contributed by atoms with Crippen molar-refractivity contribution in [2.24, 2.45) is 0 Å². The molecular weight excluding hydrogens is 292 g/mol. The molecule has 0 saturated carbocycles. The fraction of sp³-hybridized carbons (Fsp3) is 0.0909. The first-order chi connectivity index (χ1) is 11.2. The molecule has 0 fully saturated rings. The van der Waals surface area contributed by atoms with Crippen LogP contribution in [0.3, 0.4) is 0 Å². The third-order valence-electron chi connectivity index (χ3n) is 4.20. The molecule has 0 atom stereocenters. The lowest BCUT2D eigenvalue weighted by atomic mass is 10.1. The van der Waals surface area contributed by atoms with Crippen molar-refractivity contribution < 1.29 is 0 Å². The van der Waals surface area contributed by atoms with Crippen molar-refractivity contribution in [2.45, 2.75) is 13.1 Å². The van der Waals surface area contributed by atoms with Crippen molar-refractivity contribution in [3.8, 4) is 11.1 Å². The monoisotopic (exact) mass is 314 g/mol. The standard InChI is InChI=1S/C22H22Si/c1-23(2,18-17-19-11-5-3-6-12-19)22-16-10-9-15-21(22)20-13-7-4-8-14-20/h3-18H,1-2H3/b18-17+. The highest BCUT2D eigenvalue weighted by Crippen LogP contribution is 2.21. The molecule has 3 aromatic rings. The lowest BCUT2D eigenvalue weighted by Crippen LogP contribution is -2.40. The highest BCUT2D eigenvalue weighted by molar-refractivity contribution is 6.95. The van der Waals surface area contributed by atoms with E-state index in [4.69, 9.17) is 0 Å². The summed E-state index contributed by atoms with van der Waals surface area (Å²) in [4.78, 5) is 0. The predicted octanol–water partition coefficient (Wildman–Crippen LogP) is 5.52. The molecule has 0 amide bonds. The molecule has 0 nitrogen and oxygen atoms in total. The van der Waals surface area contributed by atoms with Crippen molar-refractivity contribution >= 4 is 19.3 Å². The first-order valence-corrected chi connectivity index (χ1v) is 11.1. The molecule has 114 valence electrons. The van der Waals surface area contributed by atoms with Crippen LogP contribution in [0.4, 0.5) is 0 Å². The second kappa shape index (κ2) is 6.80. The van der Waals surface area contributed by atoms with E-state index in [1.807, 2.05) is 0 Å². The van der Waals surface area contributed by atoms with Crippen molar-refractivity contribution in [2.75, 3.05) is 0 Å². The van der Waals surface area contributed by atoms with E-state index in [0.717, 1.165) is 0 Å². The van der Waals surface area contributed by atoms with Crippen LogP contribution in [0.15, 0.2) is 90.6 Å². The quantitative estimate of drug-likeness (QED) is 0.556. The molecule has 0 spiro atoms. The van der Waals surface area contributed by atoms with Gasteiger partial charge in [-0.3, -0.25) is 0 Å². The minimum Gasteiger partial charge on any atom is -0.0897 e. The molecule has 23 heavy (non-hydrogen) atoms. The Balaban J connectivity index is 1.99. The third kappa shape index (κ3) is 3.69. The van der Waals surface area contributed by atoms with Crippen LogP contribution in [0.25, 0.3) is 17.2 Å². The molecule has 0 aliphatic rings. The zero-order valence-electron chi connectivity index (χ0n) is 13.7. The highest BCUT2D eigenvalue weighted by atomic mass is 28.3. The Kier molecular flexibility index (Phi) is 4.59. The molecule has 0 radical (unpaired) electrons. The molecule has 0 unspecified atom stereocenters. The summed E-state index contributed by atoms with van der Waals surface area (Å²) in [5.74, 6) is 0. The van der Waals surface area contributed by atoms with Crippen molar-refractivity contribution in [1.82, 2.24) is 0 Å². The maximum atomic E-state index is 2.43. The fourth-order valence-corrected chi connectivity index (χ4v) is 5.11. The normalized spacial score (nSPS) is 11.7. The summed E-state index contributed by atoms with van der Waals surface area (Å²) in [6.45, 7) is 4.82. The van der Waals surface area contributed by atoms with Crippen LogP contribution in [0.2, 0.25) is 13.1 Å². The Bertz CT molecular complexity index is 786. The maximum Gasteiger partial charge on any atom is 0.105 e. The molecule has 0 aliphatic carbocycles. The summed E-state index contributed by atoms with van der Waals surface area (Å²) < 4.78 is 0. The van der Waals surface area contributed by atoms with Crippen LogP contribution in [0.5, 0.6) is 0 Å². The molecule has 0 heterocycles. The average Bonchev–Trinajstić information content (AvgIpc) is 2.62. The van der Waals surface area contributed by atoms with E-state index in [0.29, 0.717) is 0 Å². The number of hydrogen-bond acceptors (Lipinski definition) is 0. The Hall–Kier alpha value is -2.38. The Morgan fingerprint density at radius 2 is 1.22 bits per heavy atom. The number of rotatable bonds is 4. The van der Waals surface area contributed by atoms with Gasteiger partial charge in [0.15, 0.2) is 0 Å². The van der Waals surface area contributed by atoms with Crippen LogP contribution >= 0.6 is 0 Å². The van der Waals surface area contributed by atoms with Crippen LogP contribution < -0.4 is 5.19 Å². The third-order valence-corrected chi connectivity index (χ3v) is 7.02. The van der Waals surface area contributed by atoms with Gasteiger partial charge in [0.2, 0.25) is 0 Å². The zero-order chi connectivity index (χ0) is 16.1. The largest absolute Gasteiger partial charge is 0.105 e. The smallest absolute Gasteiger partial charge is 0.0897 e. The van der Waals surface area contributed by atoms with E-state index in [-0.39, 0.29) is 0 Å². The molecule has 3 rings (SSSR count). The summed E-state index contributed by atoms with van der Waals surface area (Å²) in [5.41, 5.74) is 6.37. The number of benzene rings is 3. The Morgan fingerprint density at radius 3 is 1.91 bits per heavy atom. The SMILES string of the molecule is C[Si](C)(/C=C/c1ccccc1)c1ccccc1-c1ccccc1. The average molecular weight is 315 g/mol. The summed E-state index contributed by atoms with van der Waals surface area (Å²) in [5, 5.41) is 1.48. The van der Waals surface area contributed by atoms with E-state index < -0.39 is 8.07 Å². The van der Waals surface area contributed by atoms with E-state index in [9.17, 15) is 0 Å². The van der Waals surface area contributed by atoms with E-state index in [1.54, 1.807) is 0 Å². The van der Waals surface area contributed by atoms with Gasteiger partial charge < -0.3 is 0 Å². The summed E-state index contributed by atoms with van der Waals surface area (Å²) >= 11 is 0. The second-order valence-electron chi connectivity index (χ2n) is 6.38. The van der Waals surface area contributed by atoms with Crippen molar-refractivity contribution in [1.29, 1.82) is 0 Å². The lowest BCUT2D eigenvalue weighted by molar-refractivity contribution is 1.62. The van der Waals surface area contributed by atoms with Gasteiger partial charge in [0.1, 0.15) is 8.07 Å². The van der Waals surface area contributed by atoms with Gasteiger partial charge in [-0.1, -0.05) is 110 Å². The minimum absolute atomic E-state index is 1.27. The van der Waals surface area contributed by atoms with Crippen LogP contribution in [0, 0.1) is 0 Å². The van der Waals surface area contributed by atoms with Crippen molar-refractivity contribution in [3.63, 3.8) is 0 Å². The van der Waals surface area contributed by atoms with Gasteiger partial charge >= 0.3 is 0 Å². The Labute approximate surface area is 140 Å². The summed E-state index contributed by atoms with van der Waals surface area (Å²) in [6, 6.07) is 30.1. The first kappa shape index (κ1) is 15.5. The van der Waals surface area contributed by atoms with Gasteiger partial charge in [0.05, 0.1) is 0 Å². The highest BCUT2D eigenvalue weighted by Gasteiger charge is 2.23.